The van der Waals surface area contributed by atoms with E-state index >= 15 is 0 Å². The average molecular weight is 336 g/mol. The summed E-state index contributed by atoms with van der Waals surface area (Å²) in [4.78, 5) is 12.7. The van der Waals surface area contributed by atoms with Gasteiger partial charge in [0.2, 0.25) is 15.9 Å². The SMILES string of the molecule is CN(CCc1cccs1)S(=O)(=O)c1ccc2c(c1)CC(=O)N2. The van der Waals surface area contributed by atoms with Gasteiger partial charge in [-0.15, -0.1) is 11.3 Å². The number of hydrogen-bond acceptors (Lipinski definition) is 4. The Morgan fingerprint density at radius 3 is 2.86 bits per heavy atom. The summed E-state index contributed by atoms with van der Waals surface area (Å²) in [6, 6.07) is 8.74. The normalized spacial score (nSPS) is 14.2. The number of hydrogen-bond donors (Lipinski definition) is 1. The Labute approximate surface area is 133 Å². The quantitative estimate of drug-likeness (QED) is 0.909. The maximum atomic E-state index is 12.6. The molecule has 0 radical (unpaired) electrons. The molecule has 2 heterocycles. The molecule has 1 aliphatic rings. The number of carbonyl (C=O) groups is 1. The van der Waals surface area contributed by atoms with Gasteiger partial charge in [-0.2, -0.15) is 0 Å². The van der Waals surface area contributed by atoms with Gasteiger partial charge in [0.05, 0.1) is 11.3 Å². The molecule has 0 saturated carbocycles. The van der Waals surface area contributed by atoms with Gasteiger partial charge in [0.15, 0.2) is 0 Å². The van der Waals surface area contributed by atoms with Crippen molar-refractivity contribution in [1.82, 2.24) is 4.31 Å². The van der Waals surface area contributed by atoms with Crippen LogP contribution in [0.4, 0.5) is 5.69 Å². The first kappa shape index (κ1) is 15.2. The molecule has 0 spiro atoms. The lowest BCUT2D eigenvalue weighted by Crippen LogP contribution is -2.29. The Morgan fingerprint density at radius 1 is 1.32 bits per heavy atom. The van der Waals surface area contributed by atoms with Crippen molar-refractivity contribution >= 4 is 33.0 Å². The van der Waals surface area contributed by atoms with Gasteiger partial charge in [0, 0.05) is 24.2 Å². The van der Waals surface area contributed by atoms with Gasteiger partial charge in [0.25, 0.3) is 0 Å². The summed E-state index contributed by atoms with van der Waals surface area (Å²) in [7, 11) is -1.95. The van der Waals surface area contributed by atoms with E-state index in [4.69, 9.17) is 0 Å². The molecule has 1 amide bonds. The molecule has 0 bridgehead atoms. The van der Waals surface area contributed by atoms with Crippen molar-refractivity contribution in [3.8, 4) is 0 Å². The number of fused-ring (bicyclic) bond motifs is 1. The summed E-state index contributed by atoms with van der Waals surface area (Å²) in [6.07, 6.45) is 0.927. The lowest BCUT2D eigenvalue weighted by atomic mass is 10.2. The number of rotatable bonds is 5. The fourth-order valence-electron chi connectivity index (χ4n) is 2.39. The van der Waals surface area contributed by atoms with E-state index in [1.54, 1.807) is 36.6 Å². The first-order valence-corrected chi connectivity index (χ1v) is 9.20. The summed E-state index contributed by atoms with van der Waals surface area (Å²) < 4.78 is 26.6. The number of sulfonamides is 1. The molecular weight excluding hydrogens is 320 g/mol. The largest absolute Gasteiger partial charge is 0.326 e. The van der Waals surface area contributed by atoms with Crippen molar-refractivity contribution in [3.05, 3.63) is 46.2 Å². The number of nitrogens with one attached hydrogen (secondary N) is 1. The molecule has 1 aliphatic heterocycles. The first-order chi connectivity index (χ1) is 10.5. The van der Waals surface area contributed by atoms with Crippen molar-refractivity contribution in [2.45, 2.75) is 17.7 Å². The fourth-order valence-corrected chi connectivity index (χ4v) is 4.31. The van der Waals surface area contributed by atoms with Gasteiger partial charge >= 0.3 is 0 Å². The van der Waals surface area contributed by atoms with Crippen LogP contribution in [0.3, 0.4) is 0 Å². The van der Waals surface area contributed by atoms with E-state index < -0.39 is 10.0 Å². The number of benzene rings is 1. The van der Waals surface area contributed by atoms with Crippen molar-refractivity contribution in [2.75, 3.05) is 18.9 Å². The lowest BCUT2D eigenvalue weighted by Gasteiger charge is -2.17. The molecule has 1 aromatic heterocycles. The second-order valence-electron chi connectivity index (χ2n) is 5.20. The van der Waals surface area contributed by atoms with Gasteiger partial charge < -0.3 is 5.32 Å². The highest BCUT2D eigenvalue weighted by Crippen LogP contribution is 2.27. The van der Waals surface area contributed by atoms with Gasteiger partial charge in [-0.05, 0) is 41.6 Å². The van der Waals surface area contributed by atoms with E-state index in [9.17, 15) is 13.2 Å². The van der Waals surface area contributed by atoms with Crippen LogP contribution in [-0.4, -0.2) is 32.2 Å². The van der Waals surface area contributed by atoms with Crippen LogP contribution in [0.2, 0.25) is 0 Å². The number of nitrogens with zero attached hydrogens (tertiary/aromatic N) is 1. The maximum Gasteiger partial charge on any atom is 0.242 e. The highest BCUT2D eigenvalue weighted by molar-refractivity contribution is 7.89. The van der Waals surface area contributed by atoms with E-state index in [0.29, 0.717) is 18.7 Å². The minimum absolute atomic E-state index is 0.101. The van der Waals surface area contributed by atoms with Crippen molar-refractivity contribution in [1.29, 1.82) is 0 Å². The van der Waals surface area contributed by atoms with Crippen LogP contribution in [0, 0.1) is 0 Å². The van der Waals surface area contributed by atoms with Gasteiger partial charge in [-0.3, -0.25) is 4.79 Å². The summed E-state index contributed by atoms with van der Waals surface area (Å²) >= 11 is 1.62. The predicted octanol–water partition coefficient (Wildman–Crippen LogP) is 2.11. The molecule has 0 aliphatic carbocycles. The molecule has 2 aromatic rings. The Morgan fingerprint density at radius 2 is 2.14 bits per heavy atom. The van der Waals surface area contributed by atoms with Crippen LogP contribution >= 0.6 is 11.3 Å². The van der Waals surface area contributed by atoms with E-state index in [-0.39, 0.29) is 17.2 Å². The van der Waals surface area contributed by atoms with Crippen LogP contribution in [0.25, 0.3) is 0 Å². The van der Waals surface area contributed by atoms with Crippen LogP contribution in [0.1, 0.15) is 10.4 Å². The molecule has 0 saturated heterocycles. The Bertz CT molecular complexity index is 798. The van der Waals surface area contributed by atoms with Gasteiger partial charge in [0.1, 0.15) is 0 Å². The monoisotopic (exact) mass is 336 g/mol. The Kier molecular flexibility index (Phi) is 4.03. The summed E-state index contributed by atoms with van der Waals surface area (Å²) in [6.45, 7) is 0.428. The second kappa shape index (κ2) is 5.83. The number of amides is 1. The topological polar surface area (TPSA) is 66.5 Å². The van der Waals surface area contributed by atoms with Gasteiger partial charge in [-0.1, -0.05) is 6.07 Å². The minimum Gasteiger partial charge on any atom is -0.326 e. The van der Waals surface area contributed by atoms with E-state index in [1.165, 1.54) is 4.31 Å². The third-order valence-corrected chi connectivity index (χ3v) is 6.45. The number of carbonyl (C=O) groups excluding carboxylic acids is 1. The minimum atomic E-state index is -3.53. The smallest absolute Gasteiger partial charge is 0.242 e. The molecule has 1 aromatic carbocycles. The number of anilines is 1. The third kappa shape index (κ3) is 2.92. The molecule has 3 rings (SSSR count). The number of thiophene rings is 1. The lowest BCUT2D eigenvalue weighted by molar-refractivity contribution is -0.115. The zero-order chi connectivity index (χ0) is 15.7. The van der Waals surface area contributed by atoms with Crippen molar-refractivity contribution < 1.29 is 13.2 Å². The second-order valence-corrected chi connectivity index (χ2v) is 8.28. The van der Waals surface area contributed by atoms with E-state index in [2.05, 4.69) is 5.32 Å². The van der Waals surface area contributed by atoms with Gasteiger partial charge in [-0.25, -0.2) is 12.7 Å². The van der Waals surface area contributed by atoms with E-state index in [0.717, 1.165) is 10.4 Å². The zero-order valence-electron chi connectivity index (χ0n) is 12.1. The molecule has 0 fully saturated rings. The molecule has 0 atom stereocenters. The number of likely N-dealkylation sites (N-methyl/N-ethyl adjacent to an activating group) is 1. The molecule has 0 unspecified atom stereocenters. The molecular formula is C15H16N2O3S2. The van der Waals surface area contributed by atoms with Crippen LogP contribution in [-0.2, 0) is 27.7 Å². The van der Waals surface area contributed by atoms with Crippen LogP contribution in [0.15, 0.2) is 40.6 Å². The highest BCUT2D eigenvalue weighted by Gasteiger charge is 2.24. The third-order valence-electron chi connectivity index (χ3n) is 3.66. The standard InChI is InChI=1S/C15H16N2O3S2/c1-17(7-6-12-3-2-8-21-12)22(19,20)13-4-5-14-11(9-13)10-15(18)16-14/h2-5,8-9H,6-7,10H2,1H3,(H,16,18). The molecule has 116 valence electrons. The Hall–Kier alpha value is -1.70. The Balaban J connectivity index is 1.77. The predicted molar refractivity (Wildman–Crippen MR) is 86.6 cm³/mol. The van der Waals surface area contributed by atoms with E-state index in [1.807, 2.05) is 17.5 Å². The highest BCUT2D eigenvalue weighted by atomic mass is 32.2. The average Bonchev–Trinajstić information content (AvgIpc) is 3.11. The first-order valence-electron chi connectivity index (χ1n) is 6.88. The molecule has 7 heteroatoms. The fraction of sp³-hybridized carbons (Fsp3) is 0.267. The van der Waals surface area contributed by atoms with Crippen LogP contribution in [0.5, 0.6) is 0 Å². The molecule has 1 N–H and O–H groups in total. The summed E-state index contributed by atoms with van der Waals surface area (Å²) in [5.74, 6) is -0.101. The summed E-state index contributed by atoms with van der Waals surface area (Å²) in [5.41, 5.74) is 1.43. The maximum absolute atomic E-state index is 12.6. The van der Waals surface area contributed by atoms with Crippen molar-refractivity contribution in [2.24, 2.45) is 0 Å². The molecule has 5 nitrogen and oxygen atoms in total. The molecule has 22 heavy (non-hydrogen) atoms. The zero-order valence-corrected chi connectivity index (χ0v) is 13.7. The van der Waals surface area contributed by atoms with Crippen LogP contribution < -0.4 is 5.32 Å². The summed E-state index contributed by atoms with van der Waals surface area (Å²) in [5, 5.41) is 4.68. The van der Waals surface area contributed by atoms with Crippen molar-refractivity contribution in [3.63, 3.8) is 0 Å².